The molecule has 0 radical (unpaired) electrons. The zero-order chi connectivity index (χ0) is 17.3. The van der Waals surface area contributed by atoms with Crippen LogP contribution in [0, 0.1) is 28.6 Å². The standard InChI is InChI=1S/C22H30O2/c1-5-17-13(2)10-18-16-7-6-14-11-15(23)8-9-21(14,3)20(16)19(24)12-22(17,18)4/h8-9,11,16,18-20,24H,5-7,10,12H2,1-4H3. The van der Waals surface area contributed by atoms with Crippen molar-refractivity contribution in [3.63, 3.8) is 0 Å². The Balaban J connectivity index is 1.76. The van der Waals surface area contributed by atoms with E-state index in [4.69, 9.17) is 0 Å². The third kappa shape index (κ3) is 1.95. The van der Waals surface area contributed by atoms with Gasteiger partial charge in [0.2, 0.25) is 0 Å². The summed E-state index contributed by atoms with van der Waals surface area (Å²) in [5.74, 6) is 1.58. The van der Waals surface area contributed by atoms with Gasteiger partial charge in [0, 0.05) is 11.3 Å². The number of allylic oxidation sites excluding steroid dienone is 6. The number of aliphatic hydroxyl groups is 1. The second kappa shape index (κ2) is 5.17. The van der Waals surface area contributed by atoms with Crippen molar-refractivity contribution in [1.82, 2.24) is 0 Å². The topological polar surface area (TPSA) is 37.3 Å². The van der Waals surface area contributed by atoms with Gasteiger partial charge in [0.1, 0.15) is 0 Å². The number of hydrogen-bond acceptors (Lipinski definition) is 2. The number of carbonyl (C=O) groups is 1. The van der Waals surface area contributed by atoms with Crippen LogP contribution >= 0.6 is 0 Å². The van der Waals surface area contributed by atoms with Gasteiger partial charge in [-0.3, -0.25) is 4.79 Å². The molecule has 0 bridgehead atoms. The number of rotatable bonds is 1. The van der Waals surface area contributed by atoms with Crippen molar-refractivity contribution >= 4 is 5.78 Å². The quantitative estimate of drug-likeness (QED) is 0.715. The van der Waals surface area contributed by atoms with Crippen LogP contribution in [-0.4, -0.2) is 17.0 Å². The van der Waals surface area contributed by atoms with Crippen LogP contribution in [0.1, 0.15) is 59.8 Å². The van der Waals surface area contributed by atoms with Crippen molar-refractivity contribution in [2.24, 2.45) is 28.6 Å². The largest absolute Gasteiger partial charge is 0.393 e. The van der Waals surface area contributed by atoms with Crippen LogP contribution in [0.3, 0.4) is 0 Å². The fourth-order valence-corrected chi connectivity index (χ4v) is 7.04. The van der Waals surface area contributed by atoms with E-state index < -0.39 is 0 Å². The summed E-state index contributed by atoms with van der Waals surface area (Å²) in [6.07, 6.45) is 10.7. The maximum Gasteiger partial charge on any atom is 0.178 e. The minimum Gasteiger partial charge on any atom is -0.393 e. The van der Waals surface area contributed by atoms with Crippen molar-refractivity contribution in [2.45, 2.75) is 65.9 Å². The van der Waals surface area contributed by atoms with E-state index in [1.807, 2.05) is 6.08 Å². The Morgan fingerprint density at radius 1 is 1.33 bits per heavy atom. The van der Waals surface area contributed by atoms with Crippen LogP contribution in [0.25, 0.3) is 0 Å². The molecule has 24 heavy (non-hydrogen) atoms. The Kier molecular flexibility index (Phi) is 3.52. The van der Waals surface area contributed by atoms with E-state index in [-0.39, 0.29) is 28.6 Å². The zero-order valence-corrected chi connectivity index (χ0v) is 15.4. The zero-order valence-electron chi connectivity index (χ0n) is 15.4. The van der Waals surface area contributed by atoms with E-state index in [0.717, 1.165) is 25.7 Å². The Labute approximate surface area is 145 Å². The third-order valence-corrected chi connectivity index (χ3v) is 7.97. The van der Waals surface area contributed by atoms with Gasteiger partial charge in [0.25, 0.3) is 0 Å². The summed E-state index contributed by atoms with van der Waals surface area (Å²) < 4.78 is 0. The lowest BCUT2D eigenvalue weighted by Crippen LogP contribution is -2.55. The molecule has 2 fully saturated rings. The van der Waals surface area contributed by atoms with E-state index in [2.05, 4.69) is 33.8 Å². The summed E-state index contributed by atoms with van der Waals surface area (Å²) in [7, 11) is 0. The molecule has 6 atom stereocenters. The molecule has 4 rings (SSSR count). The highest BCUT2D eigenvalue weighted by Gasteiger charge is 2.60. The van der Waals surface area contributed by atoms with Crippen molar-refractivity contribution in [3.8, 4) is 0 Å². The summed E-state index contributed by atoms with van der Waals surface area (Å²) >= 11 is 0. The molecule has 2 saturated carbocycles. The molecule has 6 unspecified atom stereocenters. The Morgan fingerprint density at radius 3 is 2.79 bits per heavy atom. The van der Waals surface area contributed by atoms with Gasteiger partial charge in [-0.1, -0.05) is 43.6 Å². The molecule has 2 heteroatoms. The molecule has 0 aromatic heterocycles. The maximum absolute atomic E-state index is 11.8. The molecule has 0 heterocycles. The normalized spacial score (nSPS) is 47.2. The third-order valence-electron chi connectivity index (χ3n) is 7.97. The molecule has 0 amide bonds. The molecule has 2 nitrogen and oxygen atoms in total. The maximum atomic E-state index is 11.8. The van der Waals surface area contributed by atoms with Gasteiger partial charge >= 0.3 is 0 Å². The monoisotopic (exact) mass is 326 g/mol. The lowest BCUT2D eigenvalue weighted by atomic mass is 9.47. The SMILES string of the molecule is CCC1=C(C)CC2C3CCC4=CC(=O)C=CC4(C)C3C(O)CC12C. The van der Waals surface area contributed by atoms with Gasteiger partial charge < -0.3 is 5.11 Å². The highest BCUT2D eigenvalue weighted by Crippen LogP contribution is 2.66. The van der Waals surface area contributed by atoms with Crippen LogP contribution in [0.4, 0.5) is 0 Å². The number of carbonyl (C=O) groups excluding carboxylic acids is 1. The molecule has 130 valence electrons. The van der Waals surface area contributed by atoms with Crippen molar-refractivity contribution in [2.75, 3.05) is 0 Å². The lowest BCUT2D eigenvalue weighted by molar-refractivity contribution is -0.112. The Bertz CT molecular complexity index is 682. The van der Waals surface area contributed by atoms with E-state index in [1.165, 1.54) is 12.0 Å². The number of ketones is 1. The number of fused-ring (bicyclic) bond motifs is 5. The fraction of sp³-hybridized carbons (Fsp3) is 0.682. The smallest absolute Gasteiger partial charge is 0.178 e. The second-order valence-electron chi connectivity index (χ2n) is 9.03. The lowest BCUT2D eigenvalue weighted by Gasteiger charge is -2.58. The fourth-order valence-electron chi connectivity index (χ4n) is 7.04. The van der Waals surface area contributed by atoms with E-state index in [9.17, 15) is 9.90 Å². The van der Waals surface area contributed by atoms with E-state index in [0.29, 0.717) is 11.8 Å². The van der Waals surface area contributed by atoms with Crippen molar-refractivity contribution in [1.29, 1.82) is 0 Å². The van der Waals surface area contributed by atoms with Crippen molar-refractivity contribution < 1.29 is 9.90 Å². The van der Waals surface area contributed by atoms with Gasteiger partial charge in [0.15, 0.2) is 5.78 Å². The van der Waals surface area contributed by atoms with E-state index in [1.54, 1.807) is 17.2 Å². The molecule has 0 spiro atoms. The average molecular weight is 326 g/mol. The number of aliphatic hydroxyl groups excluding tert-OH is 1. The van der Waals surface area contributed by atoms with Crippen LogP contribution in [0.5, 0.6) is 0 Å². The number of hydrogen-bond donors (Lipinski definition) is 1. The predicted octanol–water partition coefficient (Wildman–Crippen LogP) is 4.60. The molecule has 4 aliphatic rings. The molecule has 0 saturated heterocycles. The van der Waals surface area contributed by atoms with Crippen LogP contribution in [0.2, 0.25) is 0 Å². The van der Waals surface area contributed by atoms with Gasteiger partial charge in [-0.05, 0) is 68.4 Å². The van der Waals surface area contributed by atoms with Crippen LogP contribution in [0.15, 0.2) is 34.9 Å². The van der Waals surface area contributed by atoms with Crippen molar-refractivity contribution in [3.05, 3.63) is 34.9 Å². The summed E-state index contributed by atoms with van der Waals surface area (Å²) in [6.45, 7) is 9.23. The van der Waals surface area contributed by atoms with Crippen LogP contribution < -0.4 is 0 Å². The predicted molar refractivity (Wildman–Crippen MR) is 96.4 cm³/mol. The minimum absolute atomic E-state index is 0.114. The molecule has 4 aliphatic carbocycles. The molecule has 1 N–H and O–H groups in total. The average Bonchev–Trinajstić information content (AvgIpc) is 2.77. The minimum atomic E-state index is -0.282. The summed E-state index contributed by atoms with van der Waals surface area (Å²) in [5, 5.41) is 11.2. The Hall–Kier alpha value is -1.15. The molecule has 0 aromatic rings. The van der Waals surface area contributed by atoms with Crippen LogP contribution in [-0.2, 0) is 4.79 Å². The molecular formula is C22H30O2. The second-order valence-corrected chi connectivity index (χ2v) is 9.03. The summed E-state index contributed by atoms with van der Waals surface area (Å²) in [4.78, 5) is 11.8. The Morgan fingerprint density at radius 2 is 2.08 bits per heavy atom. The highest BCUT2D eigenvalue weighted by molar-refractivity contribution is 6.01. The first-order chi connectivity index (χ1) is 11.3. The van der Waals surface area contributed by atoms with Gasteiger partial charge in [-0.25, -0.2) is 0 Å². The first kappa shape index (κ1) is 16.3. The molecule has 0 aliphatic heterocycles. The summed E-state index contributed by atoms with van der Waals surface area (Å²) in [6, 6.07) is 0. The molecule has 0 aromatic carbocycles. The molecular weight excluding hydrogens is 296 g/mol. The van der Waals surface area contributed by atoms with E-state index >= 15 is 0 Å². The first-order valence-electron chi connectivity index (χ1n) is 9.62. The van der Waals surface area contributed by atoms with Gasteiger partial charge in [-0.15, -0.1) is 0 Å². The highest BCUT2D eigenvalue weighted by atomic mass is 16.3. The first-order valence-corrected chi connectivity index (χ1v) is 9.62. The summed E-state index contributed by atoms with van der Waals surface area (Å²) in [5.41, 5.74) is 4.45. The van der Waals surface area contributed by atoms with Gasteiger partial charge in [0.05, 0.1) is 6.10 Å². The van der Waals surface area contributed by atoms with Gasteiger partial charge in [-0.2, -0.15) is 0 Å².